The summed E-state index contributed by atoms with van der Waals surface area (Å²) in [5, 5.41) is 10.0. The van der Waals surface area contributed by atoms with Crippen molar-refractivity contribution in [1.29, 1.82) is 0 Å². The zero-order valence-corrected chi connectivity index (χ0v) is 13.5. The van der Waals surface area contributed by atoms with E-state index in [0.717, 1.165) is 36.1 Å². The number of aliphatic hydroxyl groups excluding tert-OH is 1. The molecule has 1 heterocycles. The molecule has 1 aliphatic heterocycles. The first-order chi connectivity index (χ1) is 8.99. The number of rotatable bonds is 2. The lowest BCUT2D eigenvalue weighted by Gasteiger charge is -2.32. The normalized spacial score (nSPS) is 23.2. The van der Waals surface area contributed by atoms with Crippen LogP contribution in [0.3, 0.4) is 0 Å². The smallest absolute Gasteiger partial charge is 0.0782 e. The van der Waals surface area contributed by atoms with E-state index in [4.69, 9.17) is 0 Å². The molecule has 0 spiro atoms. The summed E-state index contributed by atoms with van der Waals surface area (Å²) >= 11 is 3.49. The Hall–Kier alpha value is -0.580. The van der Waals surface area contributed by atoms with Gasteiger partial charge in [-0.25, -0.2) is 0 Å². The van der Waals surface area contributed by atoms with Crippen LogP contribution in [0.2, 0.25) is 0 Å². The Morgan fingerprint density at radius 3 is 2.79 bits per heavy atom. The summed E-state index contributed by atoms with van der Waals surface area (Å²) in [6.45, 7) is 7.35. The molecular formula is C15H23BrN2O. The van der Waals surface area contributed by atoms with Crippen molar-refractivity contribution >= 4 is 21.6 Å². The Balaban J connectivity index is 2.34. The average molecular weight is 327 g/mol. The van der Waals surface area contributed by atoms with Crippen LogP contribution in [0, 0.1) is 0 Å². The lowest BCUT2D eigenvalue weighted by atomic mass is 10.1. The van der Waals surface area contributed by atoms with Crippen molar-refractivity contribution in [3.63, 3.8) is 0 Å². The van der Waals surface area contributed by atoms with Gasteiger partial charge in [0.05, 0.1) is 6.10 Å². The highest BCUT2D eigenvalue weighted by atomic mass is 79.9. The number of nitrogens with zero attached hydrogens (tertiary/aromatic N) is 2. The number of aliphatic hydroxyl groups is 1. The van der Waals surface area contributed by atoms with E-state index in [1.165, 1.54) is 5.69 Å². The average Bonchev–Trinajstić information content (AvgIpc) is 2.50. The fourth-order valence-electron chi connectivity index (χ4n) is 2.85. The standard InChI is InChI=1S/C15H23BrN2O/c1-11-10-17(3)7-4-8-18(11)15-6-5-13(16)9-14(15)12(2)19/h5-6,9,11-12,19H,4,7-8,10H2,1-3H3. The van der Waals surface area contributed by atoms with Crippen molar-refractivity contribution in [1.82, 2.24) is 4.90 Å². The van der Waals surface area contributed by atoms with Gasteiger partial charge in [-0.3, -0.25) is 0 Å². The first kappa shape index (κ1) is 14.8. The van der Waals surface area contributed by atoms with Crippen LogP contribution >= 0.6 is 15.9 Å². The third-order valence-corrected chi connectivity index (χ3v) is 4.29. The van der Waals surface area contributed by atoms with Gasteiger partial charge in [-0.2, -0.15) is 0 Å². The minimum atomic E-state index is -0.444. The van der Waals surface area contributed by atoms with E-state index < -0.39 is 6.10 Å². The molecule has 0 bridgehead atoms. The largest absolute Gasteiger partial charge is 0.389 e. The number of halogens is 1. The molecule has 0 amide bonds. The second-order valence-corrected chi connectivity index (χ2v) is 6.45. The fraction of sp³-hybridized carbons (Fsp3) is 0.600. The van der Waals surface area contributed by atoms with E-state index in [0.29, 0.717) is 6.04 Å². The van der Waals surface area contributed by atoms with Gasteiger partial charge in [0.25, 0.3) is 0 Å². The van der Waals surface area contributed by atoms with Crippen LogP contribution in [0.5, 0.6) is 0 Å². The van der Waals surface area contributed by atoms with E-state index in [1.54, 1.807) is 0 Å². The molecular weight excluding hydrogens is 304 g/mol. The Labute approximate surface area is 124 Å². The first-order valence-corrected chi connectivity index (χ1v) is 7.71. The Morgan fingerprint density at radius 2 is 2.11 bits per heavy atom. The van der Waals surface area contributed by atoms with Crippen LogP contribution in [0.4, 0.5) is 5.69 Å². The molecule has 1 aromatic carbocycles. The van der Waals surface area contributed by atoms with Crippen molar-refractivity contribution in [2.45, 2.75) is 32.4 Å². The minimum Gasteiger partial charge on any atom is -0.389 e. The van der Waals surface area contributed by atoms with E-state index in [9.17, 15) is 5.11 Å². The quantitative estimate of drug-likeness (QED) is 0.904. The number of benzene rings is 1. The highest BCUT2D eigenvalue weighted by Gasteiger charge is 2.23. The van der Waals surface area contributed by atoms with Gasteiger partial charge >= 0.3 is 0 Å². The maximum atomic E-state index is 10.0. The second kappa shape index (κ2) is 6.25. The molecule has 1 N–H and O–H groups in total. The second-order valence-electron chi connectivity index (χ2n) is 5.54. The predicted molar refractivity (Wildman–Crippen MR) is 83.7 cm³/mol. The van der Waals surface area contributed by atoms with Gasteiger partial charge in [-0.1, -0.05) is 15.9 Å². The van der Waals surface area contributed by atoms with Crippen molar-refractivity contribution in [3.05, 3.63) is 28.2 Å². The maximum Gasteiger partial charge on any atom is 0.0782 e. The summed E-state index contributed by atoms with van der Waals surface area (Å²) in [5.74, 6) is 0. The number of hydrogen-bond acceptors (Lipinski definition) is 3. The molecule has 2 unspecified atom stereocenters. The van der Waals surface area contributed by atoms with Gasteiger partial charge in [0.2, 0.25) is 0 Å². The molecule has 2 rings (SSSR count). The molecule has 1 aromatic rings. The van der Waals surface area contributed by atoms with E-state index in [1.807, 2.05) is 13.0 Å². The van der Waals surface area contributed by atoms with Gasteiger partial charge in [0, 0.05) is 34.9 Å². The topological polar surface area (TPSA) is 26.7 Å². The predicted octanol–water partition coefficient (Wildman–Crippen LogP) is 3.03. The monoisotopic (exact) mass is 326 g/mol. The molecule has 2 atom stereocenters. The molecule has 0 aliphatic carbocycles. The number of hydrogen-bond donors (Lipinski definition) is 1. The third kappa shape index (κ3) is 3.50. The van der Waals surface area contributed by atoms with Crippen LogP contribution < -0.4 is 4.90 Å². The van der Waals surface area contributed by atoms with Crippen molar-refractivity contribution in [2.75, 3.05) is 31.6 Å². The van der Waals surface area contributed by atoms with Crippen molar-refractivity contribution < 1.29 is 5.11 Å². The third-order valence-electron chi connectivity index (χ3n) is 3.80. The number of likely N-dealkylation sites (N-methyl/N-ethyl adjacent to an activating group) is 1. The zero-order chi connectivity index (χ0) is 14.0. The molecule has 19 heavy (non-hydrogen) atoms. The summed E-state index contributed by atoms with van der Waals surface area (Å²) < 4.78 is 1.02. The summed E-state index contributed by atoms with van der Waals surface area (Å²) in [7, 11) is 2.18. The lowest BCUT2D eigenvalue weighted by Crippen LogP contribution is -2.38. The molecule has 1 fully saturated rings. The molecule has 0 radical (unpaired) electrons. The SMILES string of the molecule is CC(O)c1cc(Br)ccc1N1CCCN(C)CC1C. The fourth-order valence-corrected chi connectivity index (χ4v) is 3.23. The van der Waals surface area contributed by atoms with Crippen LogP contribution in [-0.2, 0) is 0 Å². The van der Waals surface area contributed by atoms with Gasteiger partial charge in [-0.15, -0.1) is 0 Å². The van der Waals surface area contributed by atoms with E-state index >= 15 is 0 Å². The van der Waals surface area contributed by atoms with Crippen LogP contribution in [0.15, 0.2) is 22.7 Å². The molecule has 3 nitrogen and oxygen atoms in total. The van der Waals surface area contributed by atoms with Crippen molar-refractivity contribution in [3.8, 4) is 0 Å². The van der Waals surface area contributed by atoms with Gasteiger partial charge in [-0.05, 0) is 52.1 Å². The van der Waals surface area contributed by atoms with Crippen LogP contribution in [0.25, 0.3) is 0 Å². The minimum absolute atomic E-state index is 0.444. The van der Waals surface area contributed by atoms with E-state index in [2.05, 4.69) is 51.8 Å². The maximum absolute atomic E-state index is 10.0. The zero-order valence-electron chi connectivity index (χ0n) is 11.9. The summed E-state index contributed by atoms with van der Waals surface area (Å²) in [6.07, 6.45) is 0.719. The lowest BCUT2D eigenvalue weighted by molar-refractivity contribution is 0.199. The molecule has 106 valence electrons. The van der Waals surface area contributed by atoms with Gasteiger partial charge < -0.3 is 14.9 Å². The van der Waals surface area contributed by atoms with Crippen LogP contribution in [0.1, 0.15) is 31.9 Å². The van der Waals surface area contributed by atoms with Gasteiger partial charge in [0.1, 0.15) is 0 Å². The Morgan fingerprint density at radius 1 is 1.37 bits per heavy atom. The van der Waals surface area contributed by atoms with E-state index in [-0.39, 0.29) is 0 Å². The highest BCUT2D eigenvalue weighted by molar-refractivity contribution is 9.10. The van der Waals surface area contributed by atoms with Gasteiger partial charge in [0.15, 0.2) is 0 Å². The summed E-state index contributed by atoms with van der Waals surface area (Å²) in [6, 6.07) is 6.67. The molecule has 1 aliphatic rings. The Bertz CT molecular complexity index is 436. The van der Waals surface area contributed by atoms with Crippen LogP contribution in [-0.4, -0.2) is 42.7 Å². The molecule has 0 aromatic heterocycles. The molecule has 4 heteroatoms. The molecule has 0 saturated carbocycles. The Kier molecular flexibility index (Phi) is 4.87. The number of anilines is 1. The molecule has 1 saturated heterocycles. The highest BCUT2D eigenvalue weighted by Crippen LogP contribution is 2.31. The summed E-state index contributed by atoms with van der Waals surface area (Å²) in [4.78, 5) is 4.81. The summed E-state index contributed by atoms with van der Waals surface area (Å²) in [5.41, 5.74) is 2.17. The van der Waals surface area contributed by atoms with Crippen molar-refractivity contribution in [2.24, 2.45) is 0 Å². The first-order valence-electron chi connectivity index (χ1n) is 6.91.